The standard InChI is InChI=1S/C14H20N2O4/c1-14(4-7-20-8-5-14)10-15-13(19)11-3-2-6-16(11)9-12(17)18/h2-3,6H,4-5,7-10H2,1H3,(H,15,19)(H,17,18). The maximum Gasteiger partial charge on any atom is 0.323 e. The number of carboxylic acid groups (broad SMARTS) is 1. The smallest absolute Gasteiger partial charge is 0.323 e. The molecule has 6 heteroatoms. The van der Waals surface area contributed by atoms with E-state index in [4.69, 9.17) is 9.84 Å². The summed E-state index contributed by atoms with van der Waals surface area (Å²) in [7, 11) is 0. The SMILES string of the molecule is CC1(CNC(=O)c2cccn2CC(=O)O)CCOCC1. The number of carbonyl (C=O) groups excluding carboxylic acids is 1. The highest BCUT2D eigenvalue weighted by Crippen LogP contribution is 2.28. The minimum atomic E-state index is -0.966. The zero-order chi connectivity index (χ0) is 14.6. The van der Waals surface area contributed by atoms with Gasteiger partial charge in [0.2, 0.25) is 0 Å². The van der Waals surface area contributed by atoms with Gasteiger partial charge in [0.1, 0.15) is 12.2 Å². The Balaban J connectivity index is 1.94. The molecule has 2 rings (SSSR count). The van der Waals surface area contributed by atoms with Crippen LogP contribution in [0.1, 0.15) is 30.3 Å². The van der Waals surface area contributed by atoms with Crippen LogP contribution in [-0.4, -0.2) is 41.3 Å². The van der Waals surface area contributed by atoms with E-state index in [2.05, 4.69) is 12.2 Å². The van der Waals surface area contributed by atoms with Crippen molar-refractivity contribution in [1.29, 1.82) is 0 Å². The molecule has 0 atom stereocenters. The summed E-state index contributed by atoms with van der Waals surface area (Å²) in [4.78, 5) is 22.9. The van der Waals surface area contributed by atoms with E-state index < -0.39 is 5.97 Å². The van der Waals surface area contributed by atoms with Crippen LogP contribution in [0.2, 0.25) is 0 Å². The first-order valence-electron chi connectivity index (χ1n) is 6.73. The molecule has 1 aromatic rings. The molecule has 1 fully saturated rings. The molecule has 0 aromatic carbocycles. The molecule has 1 aliphatic rings. The van der Waals surface area contributed by atoms with Crippen LogP contribution >= 0.6 is 0 Å². The second-order valence-electron chi connectivity index (χ2n) is 5.52. The number of hydrogen-bond acceptors (Lipinski definition) is 3. The van der Waals surface area contributed by atoms with E-state index in [1.165, 1.54) is 4.57 Å². The summed E-state index contributed by atoms with van der Waals surface area (Å²) in [6.07, 6.45) is 3.44. The number of ether oxygens (including phenoxy) is 1. The molecule has 1 aliphatic heterocycles. The van der Waals surface area contributed by atoms with Crippen LogP contribution in [-0.2, 0) is 16.1 Å². The zero-order valence-electron chi connectivity index (χ0n) is 11.6. The Labute approximate surface area is 117 Å². The van der Waals surface area contributed by atoms with Crippen LogP contribution < -0.4 is 5.32 Å². The third-order valence-corrected chi connectivity index (χ3v) is 3.74. The van der Waals surface area contributed by atoms with E-state index in [1.807, 2.05) is 0 Å². The van der Waals surface area contributed by atoms with Crippen LogP contribution in [0.15, 0.2) is 18.3 Å². The highest BCUT2D eigenvalue weighted by molar-refractivity contribution is 5.93. The van der Waals surface area contributed by atoms with E-state index in [-0.39, 0.29) is 17.9 Å². The summed E-state index contributed by atoms with van der Waals surface area (Å²) in [5, 5.41) is 11.7. The lowest BCUT2D eigenvalue weighted by molar-refractivity contribution is -0.137. The number of aromatic nitrogens is 1. The van der Waals surface area contributed by atoms with Crippen molar-refractivity contribution in [3.8, 4) is 0 Å². The number of amides is 1. The molecular weight excluding hydrogens is 260 g/mol. The lowest BCUT2D eigenvalue weighted by Crippen LogP contribution is -2.40. The third kappa shape index (κ3) is 3.60. The van der Waals surface area contributed by atoms with Crippen LogP contribution in [0.4, 0.5) is 0 Å². The van der Waals surface area contributed by atoms with Crippen LogP contribution in [0.3, 0.4) is 0 Å². The fraction of sp³-hybridized carbons (Fsp3) is 0.571. The molecule has 2 heterocycles. The summed E-state index contributed by atoms with van der Waals surface area (Å²) < 4.78 is 6.76. The summed E-state index contributed by atoms with van der Waals surface area (Å²) in [5.41, 5.74) is 0.432. The Bertz CT molecular complexity index is 489. The molecule has 6 nitrogen and oxygen atoms in total. The van der Waals surface area contributed by atoms with Gasteiger partial charge in [0.25, 0.3) is 5.91 Å². The normalized spacial score (nSPS) is 17.6. The highest BCUT2D eigenvalue weighted by atomic mass is 16.5. The van der Waals surface area contributed by atoms with Gasteiger partial charge in [0, 0.05) is 26.0 Å². The van der Waals surface area contributed by atoms with Crippen molar-refractivity contribution in [1.82, 2.24) is 9.88 Å². The van der Waals surface area contributed by atoms with Gasteiger partial charge < -0.3 is 19.7 Å². The van der Waals surface area contributed by atoms with Gasteiger partial charge in [-0.2, -0.15) is 0 Å². The van der Waals surface area contributed by atoms with E-state index >= 15 is 0 Å². The van der Waals surface area contributed by atoms with E-state index in [1.54, 1.807) is 18.3 Å². The highest BCUT2D eigenvalue weighted by Gasteiger charge is 2.28. The lowest BCUT2D eigenvalue weighted by atomic mass is 9.82. The number of carbonyl (C=O) groups is 2. The monoisotopic (exact) mass is 280 g/mol. The van der Waals surface area contributed by atoms with Gasteiger partial charge in [0.15, 0.2) is 0 Å². The van der Waals surface area contributed by atoms with Crippen molar-refractivity contribution in [2.75, 3.05) is 19.8 Å². The molecule has 0 spiro atoms. The molecule has 0 unspecified atom stereocenters. The van der Waals surface area contributed by atoms with Crippen molar-refractivity contribution in [2.24, 2.45) is 5.41 Å². The maximum atomic E-state index is 12.1. The maximum absolute atomic E-state index is 12.1. The molecule has 0 bridgehead atoms. The van der Waals surface area contributed by atoms with Gasteiger partial charge >= 0.3 is 5.97 Å². The minimum absolute atomic E-state index is 0.0537. The average Bonchev–Trinajstić information content (AvgIpc) is 2.84. The van der Waals surface area contributed by atoms with Gasteiger partial charge in [-0.3, -0.25) is 9.59 Å². The molecule has 2 N–H and O–H groups in total. The summed E-state index contributed by atoms with van der Waals surface area (Å²) in [6, 6.07) is 3.30. The van der Waals surface area contributed by atoms with Gasteiger partial charge in [-0.15, -0.1) is 0 Å². The van der Waals surface area contributed by atoms with Crippen LogP contribution in [0.25, 0.3) is 0 Å². The Morgan fingerprint density at radius 3 is 2.80 bits per heavy atom. The van der Waals surface area contributed by atoms with Crippen molar-refractivity contribution < 1.29 is 19.4 Å². The molecule has 20 heavy (non-hydrogen) atoms. The van der Waals surface area contributed by atoms with Crippen LogP contribution in [0.5, 0.6) is 0 Å². The second-order valence-corrected chi connectivity index (χ2v) is 5.52. The quantitative estimate of drug-likeness (QED) is 0.847. The molecule has 0 aliphatic carbocycles. The topological polar surface area (TPSA) is 80.6 Å². The summed E-state index contributed by atoms with van der Waals surface area (Å²) >= 11 is 0. The van der Waals surface area contributed by atoms with Gasteiger partial charge in [-0.05, 0) is 30.4 Å². The lowest BCUT2D eigenvalue weighted by Gasteiger charge is -2.33. The minimum Gasteiger partial charge on any atom is -0.480 e. The fourth-order valence-electron chi connectivity index (χ4n) is 2.33. The summed E-state index contributed by atoms with van der Waals surface area (Å²) in [6.45, 7) is 3.95. The van der Waals surface area contributed by atoms with Crippen molar-refractivity contribution >= 4 is 11.9 Å². The summed E-state index contributed by atoms with van der Waals surface area (Å²) in [5.74, 6) is -1.20. The Morgan fingerprint density at radius 1 is 1.45 bits per heavy atom. The van der Waals surface area contributed by atoms with Crippen molar-refractivity contribution in [3.05, 3.63) is 24.0 Å². The molecule has 1 saturated heterocycles. The van der Waals surface area contributed by atoms with E-state index in [9.17, 15) is 9.59 Å². The van der Waals surface area contributed by atoms with Gasteiger partial charge in [0.05, 0.1) is 0 Å². The predicted molar refractivity (Wildman–Crippen MR) is 72.6 cm³/mol. The number of nitrogens with zero attached hydrogens (tertiary/aromatic N) is 1. The second kappa shape index (κ2) is 6.09. The average molecular weight is 280 g/mol. The van der Waals surface area contributed by atoms with Gasteiger partial charge in [-0.25, -0.2) is 0 Å². The first kappa shape index (κ1) is 14.6. The molecule has 1 amide bonds. The van der Waals surface area contributed by atoms with E-state index in [0.29, 0.717) is 12.2 Å². The predicted octanol–water partition coefficient (Wildman–Crippen LogP) is 1.12. The molecule has 0 radical (unpaired) electrons. The molecular formula is C14H20N2O4. The Hall–Kier alpha value is -1.82. The number of rotatable bonds is 5. The van der Waals surface area contributed by atoms with Crippen LogP contribution in [0, 0.1) is 5.41 Å². The van der Waals surface area contributed by atoms with E-state index in [0.717, 1.165) is 26.1 Å². The Kier molecular flexibility index (Phi) is 4.44. The first-order valence-corrected chi connectivity index (χ1v) is 6.73. The number of hydrogen-bond donors (Lipinski definition) is 2. The molecule has 110 valence electrons. The zero-order valence-corrected chi connectivity index (χ0v) is 11.6. The first-order chi connectivity index (χ1) is 9.50. The van der Waals surface area contributed by atoms with Gasteiger partial charge in [-0.1, -0.05) is 6.92 Å². The fourth-order valence-corrected chi connectivity index (χ4v) is 2.33. The number of aliphatic carboxylic acids is 1. The largest absolute Gasteiger partial charge is 0.480 e. The third-order valence-electron chi connectivity index (χ3n) is 3.74. The van der Waals surface area contributed by atoms with Crippen molar-refractivity contribution in [3.63, 3.8) is 0 Å². The molecule has 0 saturated carbocycles. The Morgan fingerprint density at radius 2 is 2.15 bits per heavy atom. The number of carboxylic acids is 1. The number of nitrogens with one attached hydrogen (secondary N) is 1. The molecule has 1 aromatic heterocycles. The van der Waals surface area contributed by atoms with Crippen molar-refractivity contribution in [2.45, 2.75) is 26.3 Å².